The van der Waals surface area contributed by atoms with Crippen molar-refractivity contribution >= 4 is 75.1 Å². The van der Waals surface area contributed by atoms with E-state index >= 15 is 0 Å². The summed E-state index contributed by atoms with van der Waals surface area (Å²) in [6.45, 7) is 4.01. The zero-order chi connectivity index (χ0) is 23.3. The molecule has 0 radical (unpaired) electrons. The Kier molecular flexibility index (Phi) is 3.62. The molecule has 2 N–H and O–H groups in total. The van der Waals surface area contributed by atoms with Gasteiger partial charge in [0.2, 0.25) is 0 Å². The molecule has 6 heteroatoms. The summed E-state index contributed by atoms with van der Waals surface area (Å²) in [5.74, 6) is 1.86. The molecule has 0 aliphatic heterocycles. The Bertz CT molecular complexity index is 2140. The van der Waals surface area contributed by atoms with Crippen LogP contribution < -0.4 is 0 Å². The summed E-state index contributed by atoms with van der Waals surface area (Å²) in [5.41, 5.74) is 6.63. The fourth-order valence-corrected chi connectivity index (χ4v) is 6.71. The summed E-state index contributed by atoms with van der Waals surface area (Å²) in [5, 5.41) is 7.20. The molecule has 0 aliphatic carbocycles. The van der Waals surface area contributed by atoms with Crippen LogP contribution in [0.4, 0.5) is 0 Å². The van der Waals surface area contributed by atoms with Crippen molar-refractivity contribution in [2.45, 2.75) is 13.8 Å². The van der Waals surface area contributed by atoms with E-state index in [1.54, 1.807) is 0 Å². The molecule has 0 bridgehead atoms. The average molecular weight is 470 g/mol. The van der Waals surface area contributed by atoms with Crippen LogP contribution in [0, 0.1) is 13.8 Å². The lowest BCUT2D eigenvalue weighted by Gasteiger charge is -2.09. The fraction of sp³-hybridized carbons (Fsp3) is 0.0690. The standard InChI is InChI=1S/C29H19N5S/c1-14-31-24-8-7-21-19-5-3-17(12-25(19)35-29(21)28(24)34-14)16-4-6-20-22(11-16)18-9-10-30-13-23(18)27-26(20)32-15(2)33-27/h3-13H,1-2H3,(H,31,34)(H,32,33). The first kappa shape index (κ1) is 19.1. The molecule has 4 heterocycles. The first-order chi connectivity index (χ1) is 17.1. The molecule has 4 aromatic carbocycles. The van der Waals surface area contributed by atoms with Crippen LogP contribution in [0.3, 0.4) is 0 Å². The molecule has 0 aliphatic rings. The van der Waals surface area contributed by atoms with E-state index in [0.29, 0.717) is 0 Å². The Hall–Kier alpha value is -4.29. The van der Waals surface area contributed by atoms with Crippen LogP contribution in [0.5, 0.6) is 0 Å². The first-order valence-corrected chi connectivity index (χ1v) is 12.4. The van der Waals surface area contributed by atoms with Crippen LogP contribution in [0.2, 0.25) is 0 Å². The Morgan fingerprint density at radius 1 is 0.657 bits per heavy atom. The maximum atomic E-state index is 4.75. The number of aromatic nitrogens is 5. The third-order valence-electron chi connectivity index (χ3n) is 7.02. The van der Waals surface area contributed by atoms with Gasteiger partial charge in [0, 0.05) is 38.6 Å². The molecule has 8 aromatic rings. The van der Waals surface area contributed by atoms with Crippen LogP contribution in [-0.2, 0) is 0 Å². The van der Waals surface area contributed by atoms with Crippen molar-refractivity contribution in [3.63, 3.8) is 0 Å². The van der Waals surface area contributed by atoms with Crippen molar-refractivity contribution in [2.75, 3.05) is 0 Å². The molecule has 8 rings (SSSR count). The van der Waals surface area contributed by atoms with Gasteiger partial charge in [0.25, 0.3) is 0 Å². The predicted molar refractivity (Wildman–Crippen MR) is 146 cm³/mol. The molecule has 0 saturated heterocycles. The summed E-state index contributed by atoms with van der Waals surface area (Å²) in [4.78, 5) is 20.7. The molecule has 166 valence electrons. The fourth-order valence-electron chi connectivity index (χ4n) is 5.47. The molecule has 0 saturated carbocycles. The number of nitrogens with one attached hydrogen (secondary N) is 2. The smallest absolute Gasteiger partial charge is 0.106 e. The second-order valence-corrected chi connectivity index (χ2v) is 10.3. The number of pyridine rings is 1. The van der Waals surface area contributed by atoms with Gasteiger partial charge in [-0.15, -0.1) is 11.3 Å². The lowest BCUT2D eigenvalue weighted by atomic mass is 9.96. The van der Waals surface area contributed by atoms with Gasteiger partial charge in [-0.1, -0.05) is 30.3 Å². The van der Waals surface area contributed by atoms with E-state index in [0.717, 1.165) is 39.1 Å². The molecular weight excluding hydrogens is 450 g/mol. The van der Waals surface area contributed by atoms with E-state index in [4.69, 9.17) is 9.97 Å². The normalized spacial score (nSPS) is 12.3. The SMILES string of the molecule is Cc1nc2c(ccc3c4ccc(-c5ccc6c(c5)c5ccncc5c5nc(C)[nH]c65)cc4sc32)[nH]1. The molecule has 5 nitrogen and oxygen atoms in total. The molecule has 4 aromatic heterocycles. The van der Waals surface area contributed by atoms with Gasteiger partial charge in [-0.25, -0.2) is 9.97 Å². The maximum absolute atomic E-state index is 4.75. The molecule has 0 spiro atoms. The highest BCUT2D eigenvalue weighted by Crippen LogP contribution is 2.41. The van der Waals surface area contributed by atoms with Gasteiger partial charge in [0.05, 0.1) is 21.3 Å². The van der Waals surface area contributed by atoms with Crippen LogP contribution >= 0.6 is 11.3 Å². The third kappa shape index (κ3) is 2.60. The Balaban J connectivity index is 1.39. The number of H-pyrrole nitrogens is 2. The van der Waals surface area contributed by atoms with Gasteiger partial charge >= 0.3 is 0 Å². The third-order valence-corrected chi connectivity index (χ3v) is 8.20. The average Bonchev–Trinajstić information content (AvgIpc) is 3.56. The van der Waals surface area contributed by atoms with Gasteiger partial charge in [-0.05, 0) is 60.0 Å². The molecule has 0 atom stereocenters. The number of fused-ring (bicyclic) bond motifs is 11. The van der Waals surface area contributed by atoms with Crippen molar-refractivity contribution in [3.05, 3.63) is 78.6 Å². The number of aryl methyl sites for hydroxylation is 2. The van der Waals surface area contributed by atoms with Crippen molar-refractivity contribution in [3.8, 4) is 11.1 Å². The zero-order valence-electron chi connectivity index (χ0n) is 19.1. The minimum atomic E-state index is 0.915. The molecular formula is C29H19N5S. The van der Waals surface area contributed by atoms with Gasteiger partial charge in [-0.3, -0.25) is 4.98 Å². The van der Waals surface area contributed by atoms with Crippen LogP contribution in [0.1, 0.15) is 11.6 Å². The number of aromatic amines is 2. The van der Waals surface area contributed by atoms with Crippen molar-refractivity contribution in [2.24, 2.45) is 0 Å². The highest BCUT2D eigenvalue weighted by molar-refractivity contribution is 7.26. The van der Waals surface area contributed by atoms with E-state index in [2.05, 4.69) is 69.5 Å². The Morgan fingerprint density at radius 2 is 1.43 bits per heavy atom. The van der Waals surface area contributed by atoms with Crippen LogP contribution in [0.15, 0.2) is 67.0 Å². The number of imidazole rings is 2. The minimum Gasteiger partial charge on any atom is -0.342 e. The highest BCUT2D eigenvalue weighted by Gasteiger charge is 2.15. The molecule has 0 unspecified atom stereocenters. The number of benzene rings is 4. The topological polar surface area (TPSA) is 70.2 Å². The first-order valence-electron chi connectivity index (χ1n) is 11.6. The monoisotopic (exact) mass is 469 g/mol. The lowest BCUT2D eigenvalue weighted by Crippen LogP contribution is -1.85. The van der Waals surface area contributed by atoms with Crippen LogP contribution in [-0.4, -0.2) is 24.9 Å². The Morgan fingerprint density at radius 3 is 2.34 bits per heavy atom. The van der Waals surface area contributed by atoms with E-state index < -0.39 is 0 Å². The summed E-state index contributed by atoms with van der Waals surface area (Å²) < 4.78 is 2.52. The summed E-state index contributed by atoms with van der Waals surface area (Å²) in [6, 6.07) is 20.0. The quantitative estimate of drug-likeness (QED) is 0.241. The van der Waals surface area contributed by atoms with Crippen molar-refractivity contribution in [1.82, 2.24) is 24.9 Å². The van der Waals surface area contributed by atoms with Gasteiger partial charge < -0.3 is 9.97 Å². The number of hydrogen-bond acceptors (Lipinski definition) is 4. The van der Waals surface area contributed by atoms with E-state index in [1.165, 1.54) is 47.5 Å². The van der Waals surface area contributed by atoms with Gasteiger partial charge in [0.1, 0.15) is 17.2 Å². The van der Waals surface area contributed by atoms with Crippen molar-refractivity contribution in [1.29, 1.82) is 0 Å². The number of thiophene rings is 1. The van der Waals surface area contributed by atoms with Crippen molar-refractivity contribution < 1.29 is 0 Å². The molecule has 0 amide bonds. The number of nitrogens with zero attached hydrogens (tertiary/aromatic N) is 3. The van der Waals surface area contributed by atoms with E-state index in [9.17, 15) is 0 Å². The number of hydrogen-bond donors (Lipinski definition) is 2. The van der Waals surface area contributed by atoms with Gasteiger partial charge in [0.15, 0.2) is 0 Å². The number of rotatable bonds is 1. The minimum absolute atomic E-state index is 0.915. The maximum Gasteiger partial charge on any atom is 0.106 e. The molecule has 0 fully saturated rings. The predicted octanol–water partition coefficient (Wildman–Crippen LogP) is 7.79. The lowest BCUT2D eigenvalue weighted by molar-refractivity contribution is 1.17. The Labute approximate surface area is 203 Å². The molecule has 35 heavy (non-hydrogen) atoms. The van der Waals surface area contributed by atoms with E-state index in [-0.39, 0.29) is 0 Å². The van der Waals surface area contributed by atoms with E-state index in [1.807, 2.05) is 37.6 Å². The van der Waals surface area contributed by atoms with Crippen LogP contribution in [0.25, 0.3) is 74.9 Å². The second kappa shape index (κ2) is 6.64. The van der Waals surface area contributed by atoms with Gasteiger partial charge in [-0.2, -0.15) is 0 Å². The highest BCUT2D eigenvalue weighted by atomic mass is 32.1. The summed E-state index contributed by atoms with van der Waals surface area (Å²) in [6.07, 6.45) is 3.78. The second-order valence-electron chi connectivity index (χ2n) is 9.20. The largest absolute Gasteiger partial charge is 0.342 e. The zero-order valence-corrected chi connectivity index (χ0v) is 19.9. The summed E-state index contributed by atoms with van der Waals surface area (Å²) in [7, 11) is 0. The summed E-state index contributed by atoms with van der Waals surface area (Å²) >= 11 is 1.82.